The summed E-state index contributed by atoms with van der Waals surface area (Å²) in [5.74, 6) is 0. The maximum absolute atomic E-state index is 12.1. The van der Waals surface area contributed by atoms with Crippen LogP contribution < -0.4 is 10.0 Å². The zero-order valence-corrected chi connectivity index (χ0v) is 14.0. The molecule has 1 rings (SSSR count). The number of hydrogen-bond acceptors (Lipinski definition) is 5. The molecule has 2 N–H and O–H groups in total. The molecule has 0 amide bonds. The lowest BCUT2D eigenvalue weighted by molar-refractivity contribution is 0.394. The van der Waals surface area contributed by atoms with Crippen LogP contribution in [0.5, 0.6) is 0 Å². The fourth-order valence-electron chi connectivity index (χ4n) is 1.87. The Balaban J connectivity index is 2.39. The summed E-state index contributed by atoms with van der Waals surface area (Å²) in [5.41, 5.74) is 0. The molecule has 7 nitrogen and oxygen atoms in total. The standard InChI is InChI=1S/C13H27N5O2S/c1-14-7-6-10-18-12-13(11-15-18)21(19,20)16-8-4-5-9-17(2)3/h11-12,14,16H,4-10H2,1-3H3. The van der Waals surface area contributed by atoms with E-state index in [9.17, 15) is 8.42 Å². The normalized spacial score (nSPS) is 12.2. The molecule has 1 heterocycles. The lowest BCUT2D eigenvalue weighted by Crippen LogP contribution is -2.25. The second-order valence-electron chi connectivity index (χ2n) is 5.30. The Morgan fingerprint density at radius 2 is 2.00 bits per heavy atom. The molecule has 1 aromatic rings. The number of sulfonamides is 1. The van der Waals surface area contributed by atoms with E-state index in [0.29, 0.717) is 13.1 Å². The van der Waals surface area contributed by atoms with Crippen molar-refractivity contribution in [2.45, 2.75) is 30.7 Å². The minimum atomic E-state index is -3.43. The van der Waals surface area contributed by atoms with Gasteiger partial charge in [0.05, 0.1) is 6.20 Å². The van der Waals surface area contributed by atoms with Gasteiger partial charge in [0.15, 0.2) is 0 Å². The molecule has 21 heavy (non-hydrogen) atoms. The Kier molecular flexibility index (Phi) is 7.87. The van der Waals surface area contributed by atoms with E-state index in [1.165, 1.54) is 6.20 Å². The molecule has 0 aliphatic carbocycles. The molecule has 0 unspecified atom stereocenters. The Morgan fingerprint density at radius 3 is 2.67 bits per heavy atom. The average molecular weight is 317 g/mol. The summed E-state index contributed by atoms with van der Waals surface area (Å²) in [6.07, 6.45) is 5.70. The zero-order valence-electron chi connectivity index (χ0n) is 13.2. The molecular formula is C13H27N5O2S. The lowest BCUT2D eigenvalue weighted by atomic mass is 10.3. The first kappa shape index (κ1) is 18.1. The molecule has 0 aromatic carbocycles. The summed E-state index contributed by atoms with van der Waals surface area (Å²) in [6.45, 7) is 3.01. The van der Waals surface area contributed by atoms with Crippen LogP contribution in [0.15, 0.2) is 17.3 Å². The molecule has 0 atom stereocenters. The SMILES string of the molecule is CNCCCn1cc(S(=O)(=O)NCCCCN(C)C)cn1. The molecular weight excluding hydrogens is 290 g/mol. The van der Waals surface area contributed by atoms with E-state index in [1.807, 2.05) is 21.1 Å². The third-order valence-corrected chi connectivity index (χ3v) is 4.47. The van der Waals surface area contributed by atoms with Crippen molar-refractivity contribution in [1.82, 2.24) is 24.7 Å². The van der Waals surface area contributed by atoms with Crippen molar-refractivity contribution in [3.05, 3.63) is 12.4 Å². The van der Waals surface area contributed by atoms with Crippen molar-refractivity contribution in [2.75, 3.05) is 40.8 Å². The number of aromatic nitrogens is 2. The van der Waals surface area contributed by atoms with E-state index < -0.39 is 10.0 Å². The molecule has 8 heteroatoms. The maximum Gasteiger partial charge on any atom is 0.243 e. The Hall–Kier alpha value is -0.960. The zero-order chi connectivity index (χ0) is 15.7. The molecule has 0 bridgehead atoms. The summed E-state index contributed by atoms with van der Waals surface area (Å²) in [7, 11) is 2.47. The average Bonchev–Trinajstić information content (AvgIpc) is 2.88. The minimum absolute atomic E-state index is 0.236. The lowest BCUT2D eigenvalue weighted by Gasteiger charge is -2.09. The predicted octanol–water partition coefficient (Wildman–Crippen LogP) is 0.113. The second-order valence-corrected chi connectivity index (χ2v) is 7.07. The van der Waals surface area contributed by atoms with E-state index in [4.69, 9.17) is 0 Å². The highest BCUT2D eigenvalue weighted by atomic mass is 32.2. The van der Waals surface area contributed by atoms with Gasteiger partial charge in [0, 0.05) is 19.3 Å². The van der Waals surface area contributed by atoms with Gasteiger partial charge >= 0.3 is 0 Å². The smallest absolute Gasteiger partial charge is 0.243 e. The van der Waals surface area contributed by atoms with Crippen molar-refractivity contribution in [3.8, 4) is 0 Å². The van der Waals surface area contributed by atoms with Crippen LogP contribution in [0.4, 0.5) is 0 Å². The van der Waals surface area contributed by atoms with Crippen LogP contribution >= 0.6 is 0 Å². The van der Waals surface area contributed by atoms with E-state index in [2.05, 4.69) is 20.0 Å². The highest BCUT2D eigenvalue weighted by molar-refractivity contribution is 7.89. The molecule has 0 saturated carbocycles. The Morgan fingerprint density at radius 1 is 1.24 bits per heavy atom. The van der Waals surface area contributed by atoms with Crippen LogP contribution in [0.2, 0.25) is 0 Å². The number of hydrogen-bond donors (Lipinski definition) is 2. The van der Waals surface area contributed by atoms with Crippen molar-refractivity contribution in [1.29, 1.82) is 0 Å². The first-order valence-electron chi connectivity index (χ1n) is 7.27. The molecule has 0 radical (unpaired) electrons. The van der Waals surface area contributed by atoms with Crippen molar-refractivity contribution < 1.29 is 8.42 Å². The van der Waals surface area contributed by atoms with Crippen LogP contribution in [0.1, 0.15) is 19.3 Å². The molecule has 0 saturated heterocycles. The van der Waals surface area contributed by atoms with Crippen molar-refractivity contribution in [2.24, 2.45) is 0 Å². The van der Waals surface area contributed by atoms with E-state index in [-0.39, 0.29) is 4.90 Å². The van der Waals surface area contributed by atoms with Gasteiger partial charge in [-0.15, -0.1) is 0 Å². The van der Waals surface area contributed by atoms with Gasteiger partial charge < -0.3 is 10.2 Å². The van der Waals surface area contributed by atoms with E-state index >= 15 is 0 Å². The monoisotopic (exact) mass is 317 g/mol. The number of unbranched alkanes of at least 4 members (excludes halogenated alkanes) is 1. The van der Waals surface area contributed by atoms with Gasteiger partial charge in [0.2, 0.25) is 10.0 Å². The molecule has 122 valence electrons. The quantitative estimate of drug-likeness (QED) is 0.567. The topological polar surface area (TPSA) is 79.3 Å². The molecule has 0 aliphatic rings. The van der Waals surface area contributed by atoms with Gasteiger partial charge in [-0.25, -0.2) is 13.1 Å². The summed E-state index contributed by atoms with van der Waals surface area (Å²) >= 11 is 0. The highest BCUT2D eigenvalue weighted by Gasteiger charge is 2.15. The summed E-state index contributed by atoms with van der Waals surface area (Å²) in [6, 6.07) is 0. The van der Waals surface area contributed by atoms with Crippen LogP contribution in [0, 0.1) is 0 Å². The molecule has 1 aromatic heterocycles. The Bertz CT molecular complexity index is 498. The Labute approximate surface area is 127 Å². The second kappa shape index (κ2) is 9.14. The van der Waals surface area contributed by atoms with Gasteiger partial charge in [0.1, 0.15) is 4.90 Å². The third kappa shape index (κ3) is 7.03. The van der Waals surface area contributed by atoms with Gasteiger partial charge in [-0.1, -0.05) is 0 Å². The highest BCUT2D eigenvalue weighted by Crippen LogP contribution is 2.07. The number of nitrogens with one attached hydrogen (secondary N) is 2. The largest absolute Gasteiger partial charge is 0.320 e. The number of rotatable bonds is 11. The van der Waals surface area contributed by atoms with Crippen LogP contribution in [-0.4, -0.2) is 63.9 Å². The van der Waals surface area contributed by atoms with Crippen LogP contribution in [-0.2, 0) is 16.6 Å². The maximum atomic E-state index is 12.1. The van der Waals surface area contributed by atoms with Crippen molar-refractivity contribution in [3.63, 3.8) is 0 Å². The molecule has 0 fully saturated rings. The first-order chi connectivity index (χ1) is 9.95. The van der Waals surface area contributed by atoms with Gasteiger partial charge in [-0.3, -0.25) is 4.68 Å². The minimum Gasteiger partial charge on any atom is -0.320 e. The predicted molar refractivity (Wildman–Crippen MR) is 83.7 cm³/mol. The van der Waals surface area contributed by atoms with E-state index in [1.54, 1.807) is 10.9 Å². The van der Waals surface area contributed by atoms with E-state index in [0.717, 1.165) is 32.4 Å². The van der Waals surface area contributed by atoms with Gasteiger partial charge in [0.25, 0.3) is 0 Å². The van der Waals surface area contributed by atoms with Gasteiger partial charge in [-0.2, -0.15) is 5.10 Å². The first-order valence-corrected chi connectivity index (χ1v) is 8.75. The van der Waals surface area contributed by atoms with Crippen LogP contribution in [0.25, 0.3) is 0 Å². The van der Waals surface area contributed by atoms with Gasteiger partial charge in [-0.05, 0) is 53.5 Å². The summed E-state index contributed by atoms with van der Waals surface area (Å²) < 4.78 is 28.5. The number of nitrogens with zero attached hydrogens (tertiary/aromatic N) is 3. The fourth-order valence-corrected chi connectivity index (χ4v) is 2.89. The van der Waals surface area contributed by atoms with Crippen LogP contribution in [0.3, 0.4) is 0 Å². The summed E-state index contributed by atoms with van der Waals surface area (Å²) in [4.78, 5) is 2.32. The molecule has 0 spiro atoms. The summed E-state index contributed by atoms with van der Waals surface area (Å²) in [5, 5.41) is 7.13. The number of aryl methyl sites for hydroxylation is 1. The van der Waals surface area contributed by atoms with Crippen molar-refractivity contribution >= 4 is 10.0 Å². The molecule has 0 aliphatic heterocycles. The third-order valence-electron chi connectivity index (χ3n) is 3.06. The fraction of sp³-hybridized carbons (Fsp3) is 0.769.